The topological polar surface area (TPSA) is 3.88 Å². The van der Waals surface area contributed by atoms with Crippen LogP contribution in [0.1, 0.15) is 37.8 Å². The maximum atomic E-state index is 2.50. The van der Waals surface area contributed by atoms with Crippen molar-refractivity contribution in [1.29, 1.82) is 0 Å². The summed E-state index contributed by atoms with van der Waals surface area (Å²) in [6.07, 6.45) is 3.43. The number of nitrogens with zero attached hydrogens (tertiary/aromatic N) is 1. The zero-order valence-electron chi connectivity index (χ0n) is 12.6. The van der Waals surface area contributed by atoms with E-state index in [0.29, 0.717) is 12.0 Å². The average Bonchev–Trinajstić information content (AvgIpc) is 2.55. The van der Waals surface area contributed by atoms with Crippen LogP contribution in [0, 0.1) is 0 Å². The van der Waals surface area contributed by atoms with E-state index in [1.54, 1.807) is 0 Å². The van der Waals surface area contributed by atoms with Gasteiger partial charge in [-0.15, -0.1) is 0 Å². The minimum atomic E-state index is 0.541. The van der Waals surface area contributed by atoms with Crippen LogP contribution in [0.3, 0.4) is 0 Å². The van der Waals surface area contributed by atoms with E-state index in [0.717, 1.165) is 6.42 Å². The summed E-state index contributed by atoms with van der Waals surface area (Å²) in [4.78, 5) is 0. The van der Waals surface area contributed by atoms with Crippen LogP contribution in [0.25, 0.3) is 22.0 Å². The molecule has 0 amide bonds. The third-order valence-corrected chi connectivity index (χ3v) is 4.95. The molecule has 1 aliphatic rings. The van der Waals surface area contributed by atoms with Gasteiger partial charge < -0.3 is 0 Å². The average molecular weight is 274 g/mol. The van der Waals surface area contributed by atoms with E-state index in [1.807, 2.05) is 0 Å². The smallest absolute Gasteiger partial charge is 0.194 e. The molecule has 0 saturated heterocycles. The van der Waals surface area contributed by atoms with E-state index in [4.69, 9.17) is 0 Å². The van der Waals surface area contributed by atoms with Gasteiger partial charge in [-0.05, 0) is 23.1 Å². The maximum Gasteiger partial charge on any atom is 0.220 e. The van der Waals surface area contributed by atoms with E-state index >= 15 is 0 Å². The van der Waals surface area contributed by atoms with Crippen LogP contribution >= 0.6 is 0 Å². The van der Waals surface area contributed by atoms with Gasteiger partial charge in [-0.1, -0.05) is 50.2 Å². The van der Waals surface area contributed by atoms with E-state index in [1.165, 1.54) is 27.6 Å². The molecule has 1 heteroatoms. The Bertz CT molecular complexity index is 819. The van der Waals surface area contributed by atoms with Gasteiger partial charge >= 0.3 is 0 Å². The molecular formula is C20H20N+. The molecule has 0 radical (unpaired) electrons. The monoisotopic (exact) mass is 274 g/mol. The van der Waals surface area contributed by atoms with Crippen molar-refractivity contribution in [2.75, 3.05) is 0 Å². The van der Waals surface area contributed by atoms with Gasteiger partial charge in [0.2, 0.25) is 5.69 Å². The first-order valence-electron chi connectivity index (χ1n) is 7.83. The van der Waals surface area contributed by atoms with E-state index in [9.17, 15) is 0 Å². The zero-order chi connectivity index (χ0) is 14.4. The lowest BCUT2D eigenvalue weighted by Gasteiger charge is -2.28. The SMILES string of the molecule is CCC1C(C)c2ccccc2-c2c3ccccc3cc[n+]21. The molecule has 0 N–H and O–H groups in total. The van der Waals surface area contributed by atoms with Crippen molar-refractivity contribution in [3.8, 4) is 11.3 Å². The van der Waals surface area contributed by atoms with Crippen LogP contribution < -0.4 is 4.57 Å². The summed E-state index contributed by atoms with van der Waals surface area (Å²) in [6, 6.07) is 20.4. The molecule has 1 aliphatic heterocycles. The molecule has 1 nitrogen and oxygen atoms in total. The van der Waals surface area contributed by atoms with Crippen LogP contribution in [0.2, 0.25) is 0 Å². The second kappa shape index (κ2) is 4.70. The lowest BCUT2D eigenvalue weighted by atomic mass is 9.82. The third kappa shape index (κ3) is 1.73. The second-order valence-electron chi connectivity index (χ2n) is 6.01. The molecule has 104 valence electrons. The third-order valence-electron chi connectivity index (χ3n) is 4.95. The Kier molecular flexibility index (Phi) is 2.81. The normalized spacial score (nSPS) is 20.1. The molecule has 2 atom stereocenters. The summed E-state index contributed by atoms with van der Waals surface area (Å²) < 4.78 is 2.50. The summed E-state index contributed by atoms with van der Waals surface area (Å²) in [5.74, 6) is 0.560. The van der Waals surface area contributed by atoms with Crippen molar-refractivity contribution in [2.45, 2.75) is 32.2 Å². The highest BCUT2D eigenvalue weighted by Crippen LogP contribution is 2.41. The van der Waals surface area contributed by atoms with E-state index in [-0.39, 0.29) is 0 Å². The molecule has 0 spiro atoms. The minimum Gasteiger partial charge on any atom is -0.194 e. The molecule has 0 aliphatic carbocycles. The highest BCUT2D eigenvalue weighted by atomic mass is 15.0. The van der Waals surface area contributed by atoms with Gasteiger partial charge in [0.1, 0.15) is 0 Å². The van der Waals surface area contributed by atoms with Crippen molar-refractivity contribution in [2.24, 2.45) is 0 Å². The molecule has 21 heavy (non-hydrogen) atoms. The summed E-state index contributed by atoms with van der Waals surface area (Å²) in [7, 11) is 0. The van der Waals surface area contributed by atoms with Crippen molar-refractivity contribution in [3.05, 3.63) is 66.4 Å². The van der Waals surface area contributed by atoms with Crippen molar-refractivity contribution < 1.29 is 4.57 Å². The highest BCUT2D eigenvalue weighted by molar-refractivity contribution is 5.93. The molecule has 2 unspecified atom stereocenters. The first-order valence-corrected chi connectivity index (χ1v) is 7.83. The fraction of sp³-hybridized carbons (Fsp3) is 0.250. The molecule has 3 aromatic rings. The lowest BCUT2D eigenvalue weighted by molar-refractivity contribution is -0.717. The summed E-state index contributed by atoms with van der Waals surface area (Å²) in [5.41, 5.74) is 4.26. The Morgan fingerprint density at radius 2 is 1.71 bits per heavy atom. The largest absolute Gasteiger partial charge is 0.220 e. The van der Waals surface area contributed by atoms with E-state index in [2.05, 4.69) is 79.2 Å². The predicted molar refractivity (Wildman–Crippen MR) is 87.3 cm³/mol. The fourth-order valence-corrected chi connectivity index (χ4v) is 3.90. The molecule has 4 rings (SSSR count). The Morgan fingerprint density at radius 3 is 2.57 bits per heavy atom. The summed E-state index contributed by atoms with van der Waals surface area (Å²) in [5, 5.41) is 2.68. The Labute approximate surface area is 125 Å². The standard InChI is InChI=1S/C20H20N/c1-3-19-14(2)16-9-6-7-11-18(16)20-17-10-5-4-8-15(17)12-13-21(19)20/h4-14,19H,3H2,1-2H3/q+1. The number of hydrogen-bond acceptors (Lipinski definition) is 0. The minimum absolute atomic E-state index is 0.541. The Morgan fingerprint density at radius 1 is 0.952 bits per heavy atom. The van der Waals surface area contributed by atoms with Crippen molar-refractivity contribution in [3.63, 3.8) is 0 Å². The Hall–Kier alpha value is -2.15. The number of pyridine rings is 1. The molecule has 1 aromatic heterocycles. The summed E-state index contributed by atoms with van der Waals surface area (Å²) in [6.45, 7) is 4.65. The van der Waals surface area contributed by atoms with Crippen LogP contribution in [0.15, 0.2) is 60.8 Å². The number of benzene rings is 2. The van der Waals surface area contributed by atoms with Crippen LogP contribution in [-0.2, 0) is 0 Å². The number of aromatic nitrogens is 1. The van der Waals surface area contributed by atoms with Crippen LogP contribution in [-0.4, -0.2) is 0 Å². The fourth-order valence-electron chi connectivity index (χ4n) is 3.90. The van der Waals surface area contributed by atoms with Crippen molar-refractivity contribution >= 4 is 10.8 Å². The first-order chi connectivity index (χ1) is 10.3. The van der Waals surface area contributed by atoms with Gasteiger partial charge in [0.05, 0.1) is 10.9 Å². The zero-order valence-corrected chi connectivity index (χ0v) is 12.6. The Balaban J connectivity index is 2.14. The first kappa shape index (κ1) is 12.6. The molecule has 0 fully saturated rings. The van der Waals surface area contributed by atoms with Gasteiger partial charge in [-0.3, -0.25) is 0 Å². The predicted octanol–water partition coefficient (Wildman–Crippen LogP) is 4.86. The number of fused-ring (bicyclic) bond motifs is 5. The summed E-state index contributed by atoms with van der Waals surface area (Å²) >= 11 is 0. The number of hydrogen-bond donors (Lipinski definition) is 0. The van der Waals surface area contributed by atoms with Gasteiger partial charge in [-0.25, -0.2) is 0 Å². The maximum absolute atomic E-state index is 2.50. The molecule has 2 aromatic carbocycles. The lowest BCUT2D eigenvalue weighted by Crippen LogP contribution is -2.46. The number of rotatable bonds is 1. The van der Waals surface area contributed by atoms with Gasteiger partial charge in [0.25, 0.3) is 0 Å². The van der Waals surface area contributed by atoms with Gasteiger partial charge in [0, 0.05) is 18.4 Å². The molecule has 2 heterocycles. The molecule has 0 saturated carbocycles. The van der Waals surface area contributed by atoms with Crippen LogP contribution in [0.4, 0.5) is 0 Å². The van der Waals surface area contributed by atoms with E-state index < -0.39 is 0 Å². The highest BCUT2D eigenvalue weighted by Gasteiger charge is 2.37. The van der Waals surface area contributed by atoms with Gasteiger partial charge in [-0.2, -0.15) is 4.57 Å². The second-order valence-corrected chi connectivity index (χ2v) is 6.01. The molecular weight excluding hydrogens is 254 g/mol. The van der Waals surface area contributed by atoms with Gasteiger partial charge in [0.15, 0.2) is 12.2 Å². The quantitative estimate of drug-likeness (QED) is 0.558. The van der Waals surface area contributed by atoms with Crippen LogP contribution in [0.5, 0.6) is 0 Å². The molecule has 0 bridgehead atoms. The van der Waals surface area contributed by atoms with Crippen molar-refractivity contribution in [1.82, 2.24) is 0 Å².